The minimum Gasteiger partial charge on any atom is -0.493 e. The van der Waals surface area contributed by atoms with Gasteiger partial charge in [0.25, 0.3) is 0 Å². The number of methoxy groups -OCH3 is 1. The summed E-state index contributed by atoms with van der Waals surface area (Å²) in [5, 5.41) is 4.02. The molecule has 0 spiro atoms. The number of hydrazone groups is 1. The third kappa shape index (κ3) is 7.52. The quantitative estimate of drug-likeness (QED) is 0.364. The predicted molar refractivity (Wildman–Crippen MR) is 109 cm³/mol. The Hall–Kier alpha value is -2.82. The highest BCUT2D eigenvalue weighted by Gasteiger charge is 2.05. The first-order chi connectivity index (χ1) is 13.2. The molecule has 0 bridgehead atoms. The molecule has 0 radical (unpaired) electrons. The van der Waals surface area contributed by atoms with E-state index in [0.29, 0.717) is 25.2 Å². The molecule has 0 saturated carbocycles. The minimum atomic E-state index is -0.113. The number of unbranched alkanes of at least 4 members (excludes halogenated alkanes) is 2. The van der Waals surface area contributed by atoms with Crippen LogP contribution in [0, 0.1) is 0 Å². The van der Waals surface area contributed by atoms with Crippen molar-refractivity contribution in [1.29, 1.82) is 0 Å². The number of carbonyl (C=O) groups is 1. The zero-order valence-corrected chi connectivity index (χ0v) is 16.1. The molecule has 2 aromatic rings. The van der Waals surface area contributed by atoms with Crippen LogP contribution in [0.15, 0.2) is 53.6 Å². The van der Waals surface area contributed by atoms with Crippen molar-refractivity contribution in [3.8, 4) is 11.5 Å². The largest absolute Gasteiger partial charge is 0.493 e. The lowest BCUT2D eigenvalue weighted by molar-refractivity contribution is -0.121. The van der Waals surface area contributed by atoms with Gasteiger partial charge in [0, 0.05) is 6.42 Å². The van der Waals surface area contributed by atoms with Crippen LogP contribution >= 0.6 is 0 Å². The van der Waals surface area contributed by atoms with Gasteiger partial charge in [-0.2, -0.15) is 5.10 Å². The summed E-state index contributed by atoms with van der Waals surface area (Å²) >= 11 is 0. The van der Waals surface area contributed by atoms with E-state index in [1.54, 1.807) is 13.3 Å². The van der Waals surface area contributed by atoms with Crippen molar-refractivity contribution in [2.24, 2.45) is 5.10 Å². The summed E-state index contributed by atoms with van der Waals surface area (Å²) < 4.78 is 11.1. The number of ether oxygens (including phenoxy) is 2. The fourth-order valence-electron chi connectivity index (χ4n) is 2.56. The van der Waals surface area contributed by atoms with Crippen molar-refractivity contribution in [2.75, 3.05) is 13.7 Å². The fraction of sp³-hybridized carbons (Fsp3) is 0.364. The molecular formula is C22H28N2O3. The first kappa shape index (κ1) is 20.5. The molecule has 0 heterocycles. The zero-order chi connectivity index (χ0) is 19.3. The number of nitrogens with zero attached hydrogens (tertiary/aromatic N) is 1. The Balaban J connectivity index is 1.82. The van der Waals surface area contributed by atoms with Crippen molar-refractivity contribution in [1.82, 2.24) is 5.43 Å². The molecule has 0 aliphatic heterocycles. The second kappa shape index (κ2) is 11.7. The predicted octanol–water partition coefficient (Wildman–Crippen LogP) is 4.35. The van der Waals surface area contributed by atoms with Crippen LogP contribution in [0.1, 0.15) is 43.7 Å². The van der Waals surface area contributed by atoms with Crippen molar-refractivity contribution in [3.05, 3.63) is 59.7 Å². The molecule has 0 fully saturated rings. The van der Waals surface area contributed by atoms with Gasteiger partial charge in [0.2, 0.25) is 5.91 Å². The molecule has 27 heavy (non-hydrogen) atoms. The molecule has 0 unspecified atom stereocenters. The lowest BCUT2D eigenvalue weighted by atomic mass is 10.1. The van der Waals surface area contributed by atoms with Gasteiger partial charge in [-0.05, 0) is 42.2 Å². The van der Waals surface area contributed by atoms with E-state index < -0.39 is 0 Å². The van der Waals surface area contributed by atoms with Gasteiger partial charge in [0.15, 0.2) is 11.5 Å². The highest BCUT2D eigenvalue weighted by Crippen LogP contribution is 2.27. The molecule has 0 atom stereocenters. The molecule has 0 aliphatic rings. The highest BCUT2D eigenvalue weighted by atomic mass is 16.5. The molecule has 1 amide bonds. The van der Waals surface area contributed by atoms with Gasteiger partial charge in [-0.1, -0.05) is 50.1 Å². The molecule has 0 aromatic heterocycles. The molecule has 5 heteroatoms. The summed E-state index contributed by atoms with van der Waals surface area (Å²) in [6.45, 7) is 2.84. The minimum absolute atomic E-state index is 0.113. The Morgan fingerprint density at radius 3 is 2.67 bits per heavy atom. The number of amides is 1. The third-order valence-corrected chi connectivity index (χ3v) is 4.08. The van der Waals surface area contributed by atoms with Crippen LogP contribution in [0.2, 0.25) is 0 Å². The van der Waals surface area contributed by atoms with Gasteiger partial charge in [-0.3, -0.25) is 4.79 Å². The number of nitrogens with one attached hydrogen (secondary N) is 1. The van der Waals surface area contributed by atoms with Gasteiger partial charge < -0.3 is 9.47 Å². The van der Waals surface area contributed by atoms with E-state index in [9.17, 15) is 4.79 Å². The highest BCUT2D eigenvalue weighted by molar-refractivity contribution is 5.83. The van der Waals surface area contributed by atoms with E-state index in [1.165, 1.54) is 0 Å². The van der Waals surface area contributed by atoms with Gasteiger partial charge in [0.05, 0.1) is 19.9 Å². The summed E-state index contributed by atoms with van der Waals surface area (Å²) in [5.74, 6) is 1.27. The molecule has 5 nitrogen and oxygen atoms in total. The first-order valence-electron chi connectivity index (χ1n) is 9.39. The molecular weight excluding hydrogens is 340 g/mol. The zero-order valence-electron chi connectivity index (χ0n) is 16.1. The smallest absolute Gasteiger partial charge is 0.240 e. The third-order valence-electron chi connectivity index (χ3n) is 4.08. The molecule has 144 valence electrons. The summed E-state index contributed by atoms with van der Waals surface area (Å²) in [4.78, 5) is 11.9. The maximum absolute atomic E-state index is 11.9. The van der Waals surface area contributed by atoms with Crippen LogP contribution in [0.5, 0.6) is 11.5 Å². The van der Waals surface area contributed by atoms with Crippen molar-refractivity contribution in [3.63, 3.8) is 0 Å². The topological polar surface area (TPSA) is 59.9 Å². The van der Waals surface area contributed by atoms with Crippen molar-refractivity contribution >= 4 is 12.1 Å². The monoisotopic (exact) mass is 368 g/mol. The lowest BCUT2D eigenvalue weighted by Crippen LogP contribution is -2.17. The van der Waals surface area contributed by atoms with Crippen molar-refractivity contribution < 1.29 is 14.3 Å². The standard InChI is InChI=1S/C22H28N2O3/c1-3-4-8-15-27-20-13-11-19(16-21(20)26-2)17-23-24-22(25)14-12-18-9-6-5-7-10-18/h5-7,9-11,13,16-17H,3-4,8,12,14-15H2,1-2H3,(H,24,25). The summed E-state index contributed by atoms with van der Waals surface area (Å²) in [6, 6.07) is 15.5. The molecule has 0 aliphatic carbocycles. The van der Waals surface area contributed by atoms with Crippen LogP contribution in [-0.2, 0) is 11.2 Å². The second-order valence-electron chi connectivity index (χ2n) is 6.24. The Bertz CT molecular complexity index is 730. The Labute approximate surface area is 161 Å². The second-order valence-corrected chi connectivity index (χ2v) is 6.24. The molecule has 2 aromatic carbocycles. The van der Waals surface area contributed by atoms with E-state index in [2.05, 4.69) is 17.5 Å². The summed E-state index contributed by atoms with van der Waals surface area (Å²) in [6.07, 6.45) is 6.03. The van der Waals surface area contributed by atoms with E-state index in [1.807, 2.05) is 48.5 Å². The number of hydrogen-bond acceptors (Lipinski definition) is 4. The number of aryl methyl sites for hydroxylation is 1. The van der Waals surface area contributed by atoms with Crippen LogP contribution in [-0.4, -0.2) is 25.8 Å². The number of carbonyl (C=O) groups excluding carboxylic acids is 1. The van der Waals surface area contributed by atoms with Crippen LogP contribution in [0.3, 0.4) is 0 Å². The average Bonchev–Trinajstić information content (AvgIpc) is 2.71. The maximum Gasteiger partial charge on any atom is 0.240 e. The van der Waals surface area contributed by atoms with E-state index >= 15 is 0 Å². The molecule has 0 saturated heterocycles. The van der Waals surface area contributed by atoms with E-state index in [4.69, 9.17) is 9.47 Å². The van der Waals surface area contributed by atoms with Gasteiger partial charge in [0.1, 0.15) is 0 Å². The first-order valence-corrected chi connectivity index (χ1v) is 9.39. The van der Waals surface area contributed by atoms with Gasteiger partial charge in [-0.25, -0.2) is 5.43 Å². The average molecular weight is 368 g/mol. The lowest BCUT2D eigenvalue weighted by Gasteiger charge is -2.11. The van der Waals surface area contributed by atoms with E-state index in [0.717, 1.165) is 36.1 Å². The van der Waals surface area contributed by atoms with Gasteiger partial charge >= 0.3 is 0 Å². The maximum atomic E-state index is 11.9. The normalized spacial score (nSPS) is 10.7. The summed E-state index contributed by atoms with van der Waals surface area (Å²) in [7, 11) is 1.61. The summed E-state index contributed by atoms with van der Waals surface area (Å²) in [5.41, 5.74) is 4.53. The Kier molecular flexibility index (Phi) is 8.90. The van der Waals surface area contributed by atoms with E-state index in [-0.39, 0.29) is 5.91 Å². The van der Waals surface area contributed by atoms with Gasteiger partial charge in [-0.15, -0.1) is 0 Å². The Morgan fingerprint density at radius 2 is 1.93 bits per heavy atom. The van der Waals surface area contributed by atoms with Crippen LogP contribution < -0.4 is 14.9 Å². The Morgan fingerprint density at radius 1 is 1.11 bits per heavy atom. The number of hydrogen-bond donors (Lipinski definition) is 1. The fourth-order valence-corrected chi connectivity index (χ4v) is 2.56. The SMILES string of the molecule is CCCCCOc1ccc(C=NNC(=O)CCc2ccccc2)cc1OC. The molecule has 2 rings (SSSR count). The van der Waals surface area contributed by atoms with Crippen LogP contribution in [0.4, 0.5) is 0 Å². The van der Waals surface area contributed by atoms with Crippen LogP contribution in [0.25, 0.3) is 0 Å². The van der Waals surface area contributed by atoms with Crippen molar-refractivity contribution in [2.45, 2.75) is 39.0 Å². The number of rotatable bonds is 11. The number of benzene rings is 2. The molecule has 1 N–H and O–H groups in total.